The van der Waals surface area contributed by atoms with Crippen LogP contribution >= 0.6 is 30.8 Å². The fourth-order valence-electron chi connectivity index (χ4n) is 2.38. The van der Waals surface area contributed by atoms with Gasteiger partial charge in [0, 0.05) is 0 Å². The Balaban J connectivity index is 2.03. The lowest BCUT2D eigenvalue weighted by molar-refractivity contribution is 0.146. The SMILES string of the molecule is CCOP(=O)(CCC(O)Cn1cnc2cc(Cl)c(Cl)cc21)OCC. The van der Waals surface area contributed by atoms with Gasteiger partial charge in [-0.05, 0) is 32.4 Å². The molecule has 1 aromatic carbocycles. The fourth-order valence-corrected chi connectivity index (χ4v) is 4.43. The Bertz CT molecular complexity index is 728. The zero-order chi connectivity index (χ0) is 17.7. The average Bonchev–Trinajstić information content (AvgIpc) is 2.88. The van der Waals surface area contributed by atoms with Gasteiger partial charge in [-0.2, -0.15) is 0 Å². The van der Waals surface area contributed by atoms with Gasteiger partial charge in [0.25, 0.3) is 0 Å². The second-order valence-corrected chi connectivity index (χ2v) is 8.26. The van der Waals surface area contributed by atoms with Crippen molar-refractivity contribution in [3.63, 3.8) is 0 Å². The predicted molar refractivity (Wildman–Crippen MR) is 96.1 cm³/mol. The Morgan fingerprint density at radius 3 is 2.50 bits per heavy atom. The summed E-state index contributed by atoms with van der Waals surface area (Å²) in [6.07, 6.45) is 1.35. The van der Waals surface area contributed by atoms with Crippen molar-refractivity contribution >= 4 is 41.8 Å². The third-order valence-corrected chi connectivity index (χ3v) is 6.29. The molecule has 0 saturated carbocycles. The minimum atomic E-state index is -3.15. The summed E-state index contributed by atoms with van der Waals surface area (Å²) in [6.45, 7) is 4.42. The first kappa shape index (κ1) is 19.7. The van der Waals surface area contributed by atoms with E-state index in [2.05, 4.69) is 4.98 Å². The van der Waals surface area contributed by atoms with E-state index in [4.69, 9.17) is 32.2 Å². The number of hydrogen-bond donors (Lipinski definition) is 1. The fraction of sp³-hybridized carbons (Fsp3) is 0.533. The van der Waals surface area contributed by atoms with Gasteiger partial charge >= 0.3 is 7.60 Å². The van der Waals surface area contributed by atoms with Crippen LogP contribution in [-0.2, 0) is 20.2 Å². The van der Waals surface area contributed by atoms with E-state index in [0.29, 0.717) is 35.3 Å². The van der Waals surface area contributed by atoms with Crippen molar-refractivity contribution in [2.75, 3.05) is 19.4 Å². The standard InChI is InChI=1S/C15H21Cl2N2O4P/c1-3-22-24(21,23-4-2)6-5-11(20)9-19-10-18-14-7-12(16)13(17)8-15(14)19/h7-8,10-11,20H,3-6,9H2,1-2H3. The van der Waals surface area contributed by atoms with Crippen LogP contribution in [0.2, 0.25) is 10.0 Å². The molecule has 9 heteroatoms. The molecule has 0 saturated heterocycles. The number of hydrogen-bond acceptors (Lipinski definition) is 5. The van der Waals surface area contributed by atoms with E-state index in [1.165, 1.54) is 0 Å². The van der Waals surface area contributed by atoms with Crippen LogP contribution in [0, 0.1) is 0 Å². The first-order valence-corrected chi connectivity index (χ1v) is 10.2. The number of rotatable bonds is 9. The number of aliphatic hydroxyl groups excluding tert-OH is 1. The van der Waals surface area contributed by atoms with Gasteiger partial charge in [-0.15, -0.1) is 0 Å². The molecule has 134 valence electrons. The molecule has 1 atom stereocenters. The number of benzene rings is 1. The first-order chi connectivity index (χ1) is 11.4. The third-order valence-electron chi connectivity index (χ3n) is 3.46. The summed E-state index contributed by atoms with van der Waals surface area (Å²) in [6, 6.07) is 3.39. The summed E-state index contributed by atoms with van der Waals surface area (Å²) in [5, 5.41) is 11.1. The molecule has 0 radical (unpaired) electrons. The van der Waals surface area contributed by atoms with Crippen molar-refractivity contribution < 1.29 is 18.7 Å². The molecule has 1 N–H and O–H groups in total. The molecule has 0 fully saturated rings. The number of halogens is 2. The molecule has 2 aromatic rings. The number of aliphatic hydroxyl groups is 1. The molecule has 24 heavy (non-hydrogen) atoms. The minimum absolute atomic E-state index is 0.162. The van der Waals surface area contributed by atoms with Crippen LogP contribution in [0.15, 0.2) is 18.5 Å². The Morgan fingerprint density at radius 1 is 1.25 bits per heavy atom. The number of aromatic nitrogens is 2. The van der Waals surface area contributed by atoms with Crippen molar-refractivity contribution in [2.24, 2.45) is 0 Å². The number of imidazole rings is 1. The van der Waals surface area contributed by atoms with E-state index >= 15 is 0 Å². The van der Waals surface area contributed by atoms with E-state index < -0.39 is 13.7 Å². The molecule has 1 unspecified atom stereocenters. The molecule has 0 spiro atoms. The van der Waals surface area contributed by atoms with Crippen LogP contribution in [0.4, 0.5) is 0 Å². The summed E-state index contributed by atoms with van der Waals surface area (Å²) >= 11 is 12.0. The Kier molecular flexibility index (Phi) is 7.10. The Hall–Kier alpha value is -0.620. The topological polar surface area (TPSA) is 73.6 Å². The van der Waals surface area contributed by atoms with Crippen molar-refractivity contribution in [1.29, 1.82) is 0 Å². The van der Waals surface area contributed by atoms with E-state index in [-0.39, 0.29) is 12.6 Å². The molecule has 6 nitrogen and oxygen atoms in total. The third kappa shape index (κ3) is 4.94. The molecular weight excluding hydrogens is 374 g/mol. The van der Waals surface area contributed by atoms with Crippen molar-refractivity contribution in [3.05, 3.63) is 28.5 Å². The predicted octanol–water partition coefficient (Wildman–Crippen LogP) is 4.36. The quantitative estimate of drug-likeness (QED) is 0.639. The summed E-state index contributed by atoms with van der Waals surface area (Å²) < 4.78 is 24.6. The maximum atomic E-state index is 12.4. The molecule has 0 aliphatic rings. The minimum Gasteiger partial charge on any atom is -0.391 e. The highest BCUT2D eigenvalue weighted by atomic mass is 35.5. The van der Waals surface area contributed by atoms with Gasteiger partial charge < -0.3 is 18.7 Å². The summed E-state index contributed by atoms with van der Waals surface area (Å²) in [5.74, 6) is 0. The van der Waals surface area contributed by atoms with Crippen LogP contribution in [0.5, 0.6) is 0 Å². The van der Waals surface area contributed by atoms with E-state index in [9.17, 15) is 9.67 Å². The highest BCUT2D eigenvalue weighted by Gasteiger charge is 2.24. The van der Waals surface area contributed by atoms with Gasteiger partial charge in [-0.3, -0.25) is 4.57 Å². The Morgan fingerprint density at radius 2 is 1.88 bits per heavy atom. The van der Waals surface area contributed by atoms with Crippen LogP contribution in [0.1, 0.15) is 20.3 Å². The highest BCUT2D eigenvalue weighted by Crippen LogP contribution is 2.48. The molecular formula is C15H21Cl2N2O4P. The van der Waals surface area contributed by atoms with Gasteiger partial charge in [-0.25, -0.2) is 4.98 Å². The van der Waals surface area contributed by atoms with Crippen LogP contribution in [0.3, 0.4) is 0 Å². The largest absolute Gasteiger partial charge is 0.391 e. The monoisotopic (exact) mass is 394 g/mol. The molecule has 0 amide bonds. The molecule has 1 aromatic heterocycles. The van der Waals surface area contributed by atoms with E-state index in [0.717, 1.165) is 5.52 Å². The number of nitrogens with zero attached hydrogens (tertiary/aromatic N) is 2. The van der Waals surface area contributed by atoms with E-state index in [1.54, 1.807) is 36.9 Å². The zero-order valence-corrected chi connectivity index (χ0v) is 16.0. The molecule has 1 heterocycles. The molecule has 0 bridgehead atoms. The lowest BCUT2D eigenvalue weighted by Gasteiger charge is -2.19. The van der Waals surface area contributed by atoms with Crippen LogP contribution in [-0.4, -0.2) is 40.1 Å². The van der Waals surface area contributed by atoms with Gasteiger partial charge in [0.1, 0.15) is 0 Å². The van der Waals surface area contributed by atoms with Crippen molar-refractivity contribution in [2.45, 2.75) is 32.9 Å². The second kappa shape index (κ2) is 8.65. The Labute approximate surface area is 151 Å². The average molecular weight is 395 g/mol. The van der Waals surface area contributed by atoms with Crippen molar-refractivity contribution in [3.8, 4) is 0 Å². The maximum Gasteiger partial charge on any atom is 0.330 e. The number of fused-ring (bicyclic) bond motifs is 1. The van der Waals surface area contributed by atoms with Gasteiger partial charge in [0.2, 0.25) is 0 Å². The normalized spacial score (nSPS) is 13.5. The second-order valence-electron chi connectivity index (χ2n) is 5.26. The first-order valence-electron chi connectivity index (χ1n) is 7.74. The zero-order valence-electron chi connectivity index (χ0n) is 13.6. The van der Waals surface area contributed by atoms with Gasteiger partial charge in [0.15, 0.2) is 0 Å². The highest BCUT2D eigenvalue weighted by molar-refractivity contribution is 7.53. The molecule has 0 aliphatic carbocycles. The molecule has 2 rings (SSSR count). The van der Waals surface area contributed by atoms with Gasteiger partial charge in [-0.1, -0.05) is 23.2 Å². The van der Waals surface area contributed by atoms with Crippen LogP contribution in [0.25, 0.3) is 11.0 Å². The van der Waals surface area contributed by atoms with Crippen molar-refractivity contribution in [1.82, 2.24) is 9.55 Å². The summed E-state index contributed by atoms with van der Waals surface area (Å²) in [5.41, 5.74) is 1.48. The lowest BCUT2D eigenvalue weighted by Crippen LogP contribution is -2.17. The molecule has 0 aliphatic heterocycles. The van der Waals surface area contributed by atoms with Crippen LogP contribution < -0.4 is 0 Å². The van der Waals surface area contributed by atoms with Gasteiger partial charge in [0.05, 0.1) is 59.4 Å². The maximum absolute atomic E-state index is 12.4. The van der Waals surface area contributed by atoms with E-state index in [1.807, 2.05) is 0 Å². The lowest BCUT2D eigenvalue weighted by atomic mass is 10.2. The summed E-state index contributed by atoms with van der Waals surface area (Å²) in [4.78, 5) is 4.25. The smallest absolute Gasteiger partial charge is 0.330 e. The summed E-state index contributed by atoms with van der Waals surface area (Å²) in [7, 11) is -3.15.